The van der Waals surface area contributed by atoms with Gasteiger partial charge in [-0.2, -0.15) is 0 Å². The Balaban J connectivity index is 1.75. The van der Waals surface area contributed by atoms with E-state index in [4.69, 9.17) is 15.2 Å². The molecule has 0 aliphatic heterocycles. The number of rotatable bonds is 10. The highest BCUT2D eigenvalue weighted by molar-refractivity contribution is 5.95. The first-order valence-electron chi connectivity index (χ1n) is 9.00. The molecule has 2 aromatic rings. The molecular weight excluding hydrogens is 344 g/mol. The molecule has 4 N–H and O–H groups in total. The molecule has 0 saturated carbocycles. The fourth-order valence-corrected chi connectivity index (χ4v) is 2.54. The highest BCUT2D eigenvalue weighted by Crippen LogP contribution is 2.20. The lowest BCUT2D eigenvalue weighted by Crippen LogP contribution is -2.39. The van der Waals surface area contributed by atoms with Gasteiger partial charge in [0.1, 0.15) is 30.8 Å². The van der Waals surface area contributed by atoms with Gasteiger partial charge in [0, 0.05) is 12.6 Å². The van der Waals surface area contributed by atoms with Crippen LogP contribution in [-0.4, -0.2) is 42.9 Å². The largest absolute Gasteiger partial charge is 0.491 e. The number of carbonyl (C=O) groups excluding carboxylic acids is 1. The number of nitrogens with one attached hydrogen (secondary N) is 1. The normalized spacial score (nSPS) is 13.0. The van der Waals surface area contributed by atoms with E-state index in [2.05, 4.69) is 5.32 Å². The number of ether oxygens (including phenoxy) is 2. The van der Waals surface area contributed by atoms with Gasteiger partial charge in [-0.15, -0.1) is 0 Å². The van der Waals surface area contributed by atoms with Gasteiger partial charge in [0.2, 0.25) is 0 Å². The molecule has 0 aliphatic rings. The van der Waals surface area contributed by atoms with E-state index >= 15 is 0 Å². The molecule has 0 radical (unpaired) electrons. The molecule has 0 bridgehead atoms. The Labute approximate surface area is 160 Å². The molecule has 0 saturated heterocycles. The van der Waals surface area contributed by atoms with Crippen LogP contribution in [0.2, 0.25) is 0 Å². The van der Waals surface area contributed by atoms with Crippen molar-refractivity contribution >= 4 is 5.91 Å². The maximum absolute atomic E-state index is 11.5. The standard InChI is InChI=1S/C21H28N2O4/c1-14-8-9-20(18(10-14)21(22)25)26-12-16(3)23-11-17(24)13-27-19-7-5-4-6-15(19)2/h4-10,16-17,23-24H,11-13H2,1-3H3,(H2,22,25). The molecule has 0 spiro atoms. The summed E-state index contributed by atoms with van der Waals surface area (Å²) in [5.41, 5.74) is 7.74. The van der Waals surface area contributed by atoms with Gasteiger partial charge in [-0.3, -0.25) is 4.79 Å². The molecule has 1 amide bonds. The van der Waals surface area contributed by atoms with Crippen molar-refractivity contribution in [1.82, 2.24) is 5.32 Å². The maximum Gasteiger partial charge on any atom is 0.252 e. The number of amides is 1. The molecule has 6 nitrogen and oxygen atoms in total. The molecule has 2 unspecified atom stereocenters. The first-order valence-corrected chi connectivity index (χ1v) is 9.00. The van der Waals surface area contributed by atoms with Gasteiger partial charge in [-0.1, -0.05) is 29.8 Å². The fraction of sp³-hybridized carbons (Fsp3) is 0.381. The van der Waals surface area contributed by atoms with Crippen LogP contribution in [0.25, 0.3) is 0 Å². The summed E-state index contributed by atoms with van der Waals surface area (Å²) in [5, 5.41) is 13.3. The average Bonchev–Trinajstić information content (AvgIpc) is 2.64. The van der Waals surface area contributed by atoms with Crippen LogP contribution in [0, 0.1) is 13.8 Å². The molecule has 0 aromatic heterocycles. The monoisotopic (exact) mass is 372 g/mol. The molecule has 6 heteroatoms. The Morgan fingerprint density at radius 1 is 1.11 bits per heavy atom. The molecular formula is C21H28N2O4. The number of benzene rings is 2. The van der Waals surface area contributed by atoms with E-state index in [1.54, 1.807) is 12.1 Å². The molecule has 0 fully saturated rings. The van der Waals surface area contributed by atoms with E-state index < -0.39 is 12.0 Å². The Bertz CT molecular complexity index is 764. The number of carbonyl (C=O) groups is 1. The minimum atomic E-state index is -0.646. The number of aryl methyl sites for hydroxylation is 2. The van der Waals surface area contributed by atoms with E-state index in [1.165, 1.54) is 0 Å². The Morgan fingerprint density at radius 3 is 2.52 bits per heavy atom. The van der Waals surface area contributed by atoms with Crippen LogP contribution in [0.1, 0.15) is 28.4 Å². The fourth-order valence-electron chi connectivity index (χ4n) is 2.54. The molecule has 27 heavy (non-hydrogen) atoms. The zero-order valence-corrected chi connectivity index (χ0v) is 16.1. The summed E-state index contributed by atoms with van der Waals surface area (Å²) in [7, 11) is 0. The molecule has 2 atom stereocenters. The SMILES string of the molecule is Cc1ccc(OCC(C)NCC(O)COc2ccccc2C)c(C(N)=O)c1. The zero-order chi connectivity index (χ0) is 19.8. The molecule has 2 rings (SSSR count). The van der Waals surface area contributed by atoms with Gasteiger partial charge in [0.15, 0.2) is 0 Å². The van der Waals surface area contributed by atoms with Gasteiger partial charge in [-0.25, -0.2) is 0 Å². The van der Waals surface area contributed by atoms with Crippen LogP contribution in [0.3, 0.4) is 0 Å². The number of aliphatic hydroxyl groups is 1. The van der Waals surface area contributed by atoms with E-state index in [9.17, 15) is 9.90 Å². The third-order valence-corrected chi connectivity index (χ3v) is 4.12. The van der Waals surface area contributed by atoms with E-state index in [1.807, 2.05) is 51.1 Å². The highest BCUT2D eigenvalue weighted by atomic mass is 16.5. The van der Waals surface area contributed by atoms with Crippen molar-refractivity contribution in [3.05, 3.63) is 59.2 Å². The van der Waals surface area contributed by atoms with Crippen molar-refractivity contribution in [2.75, 3.05) is 19.8 Å². The number of aliphatic hydroxyl groups excluding tert-OH is 1. The summed E-state index contributed by atoms with van der Waals surface area (Å²) in [6.45, 7) is 6.70. The van der Waals surface area contributed by atoms with Crippen molar-refractivity contribution in [3.63, 3.8) is 0 Å². The minimum absolute atomic E-state index is 0.0276. The summed E-state index contributed by atoms with van der Waals surface area (Å²) < 4.78 is 11.4. The number of primary amides is 1. The predicted octanol–water partition coefficient (Wildman–Crippen LogP) is 2.20. The molecule has 0 aliphatic carbocycles. The van der Waals surface area contributed by atoms with E-state index in [0.29, 0.717) is 24.5 Å². The van der Waals surface area contributed by atoms with Crippen LogP contribution in [0.4, 0.5) is 0 Å². The number of hydrogen-bond donors (Lipinski definition) is 3. The molecule has 2 aromatic carbocycles. The predicted molar refractivity (Wildman–Crippen MR) is 105 cm³/mol. The minimum Gasteiger partial charge on any atom is -0.491 e. The van der Waals surface area contributed by atoms with Crippen LogP contribution in [0.5, 0.6) is 11.5 Å². The van der Waals surface area contributed by atoms with Crippen LogP contribution < -0.4 is 20.5 Å². The maximum atomic E-state index is 11.5. The van der Waals surface area contributed by atoms with E-state index in [-0.39, 0.29) is 12.6 Å². The quantitative estimate of drug-likeness (QED) is 0.594. The topological polar surface area (TPSA) is 93.8 Å². The molecule has 0 heterocycles. The van der Waals surface area contributed by atoms with Gasteiger partial charge >= 0.3 is 0 Å². The average molecular weight is 372 g/mol. The Hall–Kier alpha value is -2.57. The van der Waals surface area contributed by atoms with Crippen molar-refractivity contribution in [3.8, 4) is 11.5 Å². The summed E-state index contributed by atoms with van der Waals surface area (Å²) in [4.78, 5) is 11.5. The molecule has 146 valence electrons. The zero-order valence-electron chi connectivity index (χ0n) is 16.1. The van der Waals surface area contributed by atoms with Gasteiger partial charge in [0.25, 0.3) is 5.91 Å². The number of nitrogens with two attached hydrogens (primary N) is 1. The first-order chi connectivity index (χ1) is 12.9. The Morgan fingerprint density at radius 2 is 1.81 bits per heavy atom. The smallest absolute Gasteiger partial charge is 0.252 e. The third-order valence-electron chi connectivity index (χ3n) is 4.12. The van der Waals surface area contributed by atoms with Crippen molar-refractivity contribution < 1.29 is 19.4 Å². The number of para-hydroxylation sites is 1. The summed E-state index contributed by atoms with van der Waals surface area (Å²) in [6, 6.07) is 13.0. The second-order valence-electron chi connectivity index (χ2n) is 6.71. The second-order valence-corrected chi connectivity index (χ2v) is 6.71. The van der Waals surface area contributed by atoms with Gasteiger partial charge in [0.05, 0.1) is 5.56 Å². The Kier molecular flexibility index (Phi) is 7.64. The van der Waals surface area contributed by atoms with Crippen LogP contribution >= 0.6 is 0 Å². The van der Waals surface area contributed by atoms with Crippen LogP contribution in [0.15, 0.2) is 42.5 Å². The van der Waals surface area contributed by atoms with Gasteiger partial charge in [-0.05, 0) is 44.5 Å². The summed E-state index contributed by atoms with van der Waals surface area (Å²) >= 11 is 0. The third kappa shape index (κ3) is 6.58. The van der Waals surface area contributed by atoms with Crippen molar-refractivity contribution in [1.29, 1.82) is 0 Å². The van der Waals surface area contributed by atoms with Crippen molar-refractivity contribution in [2.45, 2.75) is 32.9 Å². The van der Waals surface area contributed by atoms with E-state index in [0.717, 1.165) is 16.9 Å². The second kappa shape index (κ2) is 9.94. The van der Waals surface area contributed by atoms with Gasteiger partial charge < -0.3 is 25.6 Å². The van der Waals surface area contributed by atoms with Crippen LogP contribution in [-0.2, 0) is 0 Å². The van der Waals surface area contributed by atoms with Crippen molar-refractivity contribution in [2.24, 2.45) is 5.73 Å². The summed E-state index contributed by atoms with van der Waals surface area (Å²) in [5.74, 6) is 0.717. The highest BCUT2D eigenvalue weighted by Gasteiger charge is 2.13. The summed E-state index contributed by atoms with van der Waals surface area (Å²) in [6.07, 6.45) is -0.646. The lowest BCUT2D eigenvalue weighted by molar-refractivity contribution is 0.0990. The first kappa shape index (κ1) is 20.7. The lowest BCUT2D eigenvalue weighted by Gasteiger charge is -2.19. The number of hydrogen-bond acceptors (Lipinski definition) is 5. The lowest BCUT2D eigenvalue weighted by atomic mass is 10.1.